The molecule has 4 saturated carbocycles. The molecule has 0 spiro atoms. The molecule has 5 fully saturated rings. The predicted molar refractivity (Wildman–Crippen MR) is 158 cm³/mol. The van der Waals surface area contributed by atoms with Gasteiger partial charge in [0.05, 0.1) is 18.5 Å². The molecule has 8 heteroatoms. The van der Waals surface area contributed by atoms with Gasteiger partial charge in [0.1, 0.15) is 0 Å². The average molecular weight is 570 g/mol. The molecule has 0 unspecified atom stereocenters. The van der Waals surface area contributed by atoms with E-state index in [0.29, 0.717) is 18.4 Å². The molecule has 4 aliphatic carbocycles. The van der Waals surface area contributed by atoms with E-state index >= 15 is 0 Å². The second kappa shape index (κ2) is 11.0. The first-order valence-electron chi connectivity index (χ1n) is 16.3. The number of likely N-dealkylation sites (N-methyl/N-ethyl adjacent to an activating group) is 1. The maximum Gasteiger partial charge on any atom is 0.335 e. The van der Waals surface area contributed by atoms with Crippen molar-refractivity contribution in [3.05, 3.63) is 34.4 Å². The van der Waals surface area contributed by atoms with Crippen LogP contribution in [0.1, 0.15) is 89.5 Å². The molecule has 0 radical (unpaired) electrons. The first kappa shape index (κ1) is 29.2. The van der Waals surface area contributed by atoms with Crippen LogP contribution in [-0.4, -0.2) is 89.0 Å². The number of hydrogen-bond acceptors (Lipinski definition) is 6. The Bertz CT molecular complexity index is 1150. The molecule has 1 aliphatic heterocycles. The number of fused-ring (bicyclic) bond motifs is 5. The van der Waals surface area contributed by atoms with Crippen LogP contribution in [0.5, 0.6) is 0 Å². The molecule has 6 rings (SSSR count). The Labute approximate surface area is 245 Å². The Morgan fingerprint density at radius 3 is 2.61 bits per heavy atom. The lowest BCUT2D eigenvalue weighted by Gasteiger charge is -2.64. The van der Waals surface area contributed by atoms with Gasteiger partial charge in [-0.25, -0.2) is 9.59 Å². The zero-order valence-corrected chi connectivity index (χ0v) is 25.4. The zero-order chi connectivity index (χ0) is 29.0. The van der Waals surface area contributed by atoms with Crippen LogP contribution in [-0.2, 0) is 0 Å². The summed E-state index contributed by atoms with van der Waals surface area (Å²) in [5.74, 6) is 1.50. The molecule has 8 nitrogen and oxygen atoms in total. The highest BCUT2D eigenvalue weighted by atomic mass is 16.4. The van der Waals surface area contributed by atoms with Crippen LogP contribution in [0.4, 0.5) is 4.79 Å². The van der Waals surface area contributed by atoms with Gasteiger partial charge in [0, 0.05) is 43.7 Å². The standard InChI is InChI=1S/C33H51N3O5/c1-31-12-9-25(36(19-20-37)30(39)35-16-4-15-34(3)17-18-35)21-24(31)6-7-28-27(31)10-13-32(2)26(11-14-33(28,32)40)23-5-8-29(38)41-22-23/h5,8,22,24-28,37,40H,4,6-7,9-21H2,1-3H3/t24-,25+,26-,27+,28-,31+,32-,33+/m1/s1. The summed E-state index contributed by atoms with van der Waals surface area (Å²) in [6, 6.07) is 3.70. The van der Waals surface area contributed by atoms with Gasteiger partial charge in [0.15, 0.2) is 0 Å². The predicted octanol–water partition coefficient (Wildman–Crippen LogP) is 4.30. The molecule has 1 aromatic rings. The summed E-state index contributed by atoms with van der Waals surface area (Å²) < 4.78 is 5.25. The third-order valence-electron chi connectivity index (χ3n) is 13.0. The van der Waals surface area contributed by atoms with E-state index in [1.54, 1.807) is 6.26 Å². The van der Waals surface area contributed by atoms with Crippen LogP contribution in [0, 0.1) is 28.6 Å². The number of carbonyl (C=O) groups is 1. The number of urea groups is 1. The molecule has 1 aromatic heterocycles. The Hall–Kier alpha value is -1.90. The number of hydrogen-bond donors (Lipinski definition) is 2. The van der Waals surface area contributed by atoms with E-state index in [4.69, 9.17) is 4.42 Å². The van der Waals surface area contributed by atoms with Crippen LogP contribution in [0.3, 0.4) is 0 Å². The fourth-order valence-corrected chi connectivity index (χ4v) is 10.5. The average Bonchev–Trinajstić information content (AvgIpc) is 3.07. The summed E-state index contributed by atoms with van der Waals surface area (Å²) in [5.41, 5.74) is -0.0455. The monoisotopic (exact) mass is 569 g/mol. The van der Waals surface area contributed by atoms with Crippen molar-refractivity contribution in [1.82, 2.24) is 14.7 Å². The Kier molecular flexibility index (Phi) is 7.82. The van der Waals surface area contributed by atoms with E-state index in [-0.39, 0.29) is 47.0 Å². The minimum atomic E-state index is -0.708. The lowest BCUT2D eigenvalue weighted by molar-refractivity contribution is -0.203. The summed E-state index contributed by atoms with van der Waals surface area (Å²) >= 11 is 0. The number of carbonyl (C=O) groups excluding carboxylic acids is 1. The molecule has 41 heavy (non-hydrogen) atoms. The second-order valence-corrected chi connectivity index (χ2v) is 14.6. The van der Waals surface area contributed by atoms with Crippen LogP contribution < -0.4 is 5.63 Å². The molecule has 2 N–H and O–H groups in total. The minimum Gasteiger partial charge on any atom is -0.431 e. The van der Waals surface area contributed by atoms with E-state index in [1.165, 1.54) is 6.07 Å². The van der Waals surface area contributed by atoms with Gasteiger partial charge >= 0.3 is 11.7 Å². The van der Waals surface area contributed by atoms with Gasteiger partial charge in [-0.15, -0.1) is 0 Å². The number of aliphatic hydroxyl groups is 2. The molecule has 0 bridgehead atoms. The molecular formula is C33H51N3O5. The van der Waals surface area contributed by atoms with Gasteiger partial charge in [-0.2, -0.15) is 0 Å². The van der Waals surface area contributed by atoms with Gasteiger partial charge in [-0.3, -0.25) is 0 Å². The van der Waals surface area contributed by atoms with E-state index in [0.717, 1.165) is 96.0 Å². The van der Waals surface area contributed by atoms with Crippen molar-refractivity contribution >= 4 is 6.03 Å². The number of rotatable bonds is 4. The quantitative estimate of drug-likeness (QED) is 0.561. The van der Waals surface area contributed by atoms with Gasteiger partial charge in [-0.1, -0.05) is 13.8 Å². The van der Waals surface area contributed by atoms with Crippen molar-refractivity contribution < 1.29 is 19.4 Å². The van der Waals surface area contributed by atoms with Crippen molar-refractivity contribution in [2.24, 2.45) is 28.6 Å². The Morgan fingerprint density at radius 2 is 1.85 bits per heavy atom. The van der Waals surface area contributed by atoms with E-state index in [1.807, 2.05) is 15.9 Å². The Morgan fingerprint density at radius 1 is 1.02 bits per heavy atom. The number of nitrogens with zero attached hydrogens (tertiary/aromatic N) is 3. The van der Waals surface area contributed by atoms with Gasteiger partial charge in [0.25, 0.3) is 0 Å². The molecule has 1 saturated heterocycles. The second-order valence-electron chi connectivity index (χ2n) is 14.6. The lowest BCUT2D eigenvalue weighted by Crippen LogP contribution is -2.63. The van der Waals surface area contributed by atoms with Crippen molar-refractivity contribution in [3.63, 3.8) is 0 Å². The Balaban J connectivity index is 1.18. The van der Waals surface area contributed by atoms with Gasteiger partial charge in [-0.05, 0) is 119 Å². The topological polar surface area (TPSA) is 97.5 Å². The smallest absolute Gasteiger partial charge is 0.335 e. The van der Waals surface area contributed by atoms with E-state index in [2.05, 4.69) is 25.8 Å². The molecule has 0 aromatic carbocycles. The molecule has 2 heterocycles. The van der Waals surface area contributed by atoms with Crippen LogP contribution in [0.2, 0.25) is 0 Å². The number of aliphatic hydroxyl groups excluding tert-OH is 1. The third kappa shape index (κ3) is 4.76. The highest BCUT2D eigenvalue weighted by molar-refractivity contribution is 5.75. The number of amides is 2. The van der Waals surface area contributed by atoms with Crippen molar-refractivity contribution in [2.75, 3.05) is 46.4 Å². The first-order valence-corrected chi connectivity index (χ1v) is 16.3. The fraction of sp³-hybridized carbons (Fsp3) is 0.818. The van der Waals surface area contributed by atoms with E-state index < -0.39 is 5.60 Å². The molecular weight excluding hydrogens is 518 g/mol. The highest BCUT2D eigenvalue weighted by Crippen LogP contribution is 2.70. The summed E-state index contributed by atoms with van der Waals surface area (Å²) in [4.78, 5) is 31.7. The summed E-state index contributed by atoms with van der Waals surface area (Å²) in [7, 11) is 2.12. The molecule has 8 atom stereocenters. The fourth-order valence-electron chi connectivity index (χ4n) is 10.5. The van der Waals surface area contributed by atoms with Crippen molar-refractivity contribution in [2.45, 2.75) is 95.6 Å². The molecule has 228 valence electrons. The zero-order valence-electron chi connectivity index (χ0n) is 25.4. The SMILES string of the molecule is CN1CCCN(C(=O)N(CCO)[C@H]2CC[C@@]3(C)[C@H](CC[C@@H]4[C@@H]3CC[C@]3(C)[C@@H](c5ccc(=O)oc5)CC[C@]43O)C2)CC1. The highest BCUT2D eigenvalue weighted by Gasteiger charge is 2.67. The van der Waals surface area contributed by atoms with Crippen LogP contribution >= 0.6 is 0 Å². The van der Waals surface area contributed by atoms with Gasteiger partial charge in [0.2, 0.25) is 0 Å². The van der Waals surface area contributed by atoms with Gasteiger partial charge < -0.3 is 29.3 Å². The van der Waals surface area contributed by atoms with Crippen LogP contribution in [0.15, 0.2) is 27.6 Å². The largest absolute Gasteiger partial charge is 0.431 e. The summed E-state index contributed by atoms with van der Waals surface area (Å²) in [6.07, 6.45) is 11.6. The van der Waals surface area contributed by atoms with E-state index in [9.17, 15) is 19.8 Å². The lowest BCUT2D eigenvalue weighted by atomic mass is 9.43. The van der Waals surface area contributed by atoms with Crippen molar-refractivity contribution in [1.29, 1.82) is 0 Å². The third-order valence-corrected chi connectivity index (χ3v) is 13.0. The molecule has 5 aliphatic rings. The molecule has 2 amide bonds. The minimum absolute atomic E-state index is 0.000220. The summed E-state index contributed by atoms with van der Waals surface area (Å²) in [6.45, 7) is 8.63. The maximum atomic E-state index is 13.7. The maximum absolute atomic E-state index is 13.7. The first-order chi connectivity index (χ1) is 19.6. The normalized spacial score (nSPS) is 41.2. The van der Waals surface area contributed by atoms with Crippen LogP contribution in [0.25, 0.3) is 0 Å². The van der Waals surface area contributed by atoms with Crippen molar-refractivity contribution in [3.8, 4) is 0 Å². The summed E-state index contributed by atoms with van der Waals surface area (Å²) in [5, 5.41) is 22.5.